The van der Waals surface area contributed by atoms with E-state index in [2.05, 4.69) is 10.3 Å². The fourth-order valence-corrected chi connectivity index (χ4v) is 2.95. The number of carbonyl (C=O) groups excluding carboxylic acids is 1. The number of aromatic nitrogens is 2. The van der Waals surface area contributed by atoms with Crippen molar-refractivity contribution < 1.29 is 9.53 Å². The molecule has 3 rings (SSSR count). The molecule has 6 nitrogen and oxygen atoms in total. The summed E-state index contributed by atoms with van der Waals surface area (Å²) in [7, 11) is 0. The molecular weight excluding hydrogens is 306 g/mol. The second-order valence-electron chi connectivity index (χ2n) is 6.11. The van der Waals surface area contributed by atoms with Crippen molar-refractivity contribution in [3.8, 4) is 5.75 Å². The fraction of sp³-hybridized carbons (Fsp3) is 0.500. The molecule has 0 spiro atoms. The first-order chi connectivity index (χ1) is 11.7. The van der Waals surface area contributed by atoms with Crippen LogP contribution >= 0.6 is 0 Å². The minimum absolute atomic E-state index is 0.0159. The second-order valence-corrected chi connectivity index (χ2v) is 6.11. The third-order valence-corrected chi connectivity index (χ3v) is 4.23. The molecule has 0 aliphatic carbocycles. The quantitative estimate of drug-likeness (QED) is 0.911. The first-order valence-corrected chi connectivity index (χ1v) is 8.62. The van der Waals surface area contributed by atoms with Gasteiger partial charge in [0.05, 0.1) is 10.9 Å². The van der Waals surface area contributed by atoms with E-state index in [9.17, 15) is 9.59 Å². The Morgan fingerprint density at radius 1 is 1.33 bits per heavy atom. The highest BCUT2D eigenvalue weighted by Gasteiger charge is 2.14. The van der Waals surface area contributed by atoms with Gasteiger partial charge in [-0.25, -0.2) is 4.98 Å². The number of ether oxygens (including phenoxy) is 1. The lowest BCUT2D eigenvalue weighted by Crippen LogP contribution is -2.29. The number of amides is 1. The van der Waals surface area contributed by atoms with Gasteiger partial charge in [0.15, 0.2) is 6.61 Å². The summed E-state index contributed by atoms with van der Waals surface area (Å²) in [4.78, 5) is 29.0. The van der Waals surface area contributed by atoms with Crippen molar-refractivity contribution in [3.63, 3.8) is 0 Å². The normalized spacial score (nSPS) is 14.0. The molecule has 1 amide bonds. The van der Waals surface area contributed by atoms with E-state index in [1.807, 2.05) is 6.92 Å². The standard InChI is InChI=1S/C18H23N3O3/c1-2-9-19-17(22)12-24-13-7-8-15-14(11-13)18(23)21-10-5-3-4-6-16(21)20-15/h7-8,11H,2-6,9-10,12H2,1H3,(H,19,22). The van der Waals surface area contributed by atoms with Crippen LogP contribution in [0.4, 0.5) is 0 Å². The van der Waals surface area contributed by atoms with Gasteiger partial charge in [0.2, 0.25) is 0 Å². The highest BCUT2D eigenvalue weighted by Crippen LogP contribution is 2.19. The van der Waals surface area contributed by atoms with Gasteiger partial charge in [-0.05, 0) is 37.5 Å². The van der Waals surface area contributed by atoms with E-state index in [0.717, 1.165) is 44.5 Å². The largest absolute Gasteiger partial charge is 0.484 e. The first kappa shape index (κ1) is 16.5. The topological polar surface area (TPSA) is 73.2 Å². The van der Waals surface area contributed by atoms with Crippen LogP contribution in [0.25, 0.3) is 10.9 Å². The zero-order valence-electron chi connectivity index (χ0n) is 14.0. The Labute approximate surface area is 140 Å². The van der Waals surface area contributed by atoms with Crippen LogP contribution in [0.1, 0.15) is 38.4 Å². The molecule has 1 aliphatic heterocycles. The van der Waals surface area contributed by atoms with Gasteiger partial charge < -0.3 is 10.1 Å². The molecule has 0 atom stereocenters. The number of rotatable bonds is 5. The van der Waals surface area contributed by atoms with Crippen LogP contribution < -0.4 is 15.6 Å². The lowest BCUT2D eigenvalue weighted by Gasteiger charge is -2.11. The van der Waals surface area contributed by atoms with Crippen LogP contribution in [0, 0.1) is 0 Å². The summed E-state index contributed by atoms with van der Waals surface area (Å²) in [5.41, 5.74) is 0.675. The molecule has 0 fully saturated rings. The summed E-state index contributed by atoms with van der Waals surface area (Å²) in [5, 5.41) is 3.31. The second kappa shape index (κ2) is 7.47. The number of carbonyl (C=O) groups is 1. The molecule has 1 aromatic carbocycles. The maximum Gasteiger partial charge on any atom is 0.261 e. The molecule has 128 valence electrons. The van der Waals surface area contributed by atoms with Crippen molar-refractivity contribution in [3.05, 3.63) is 34.4 Å². The summed E-state index contributed by atoms with van der Waals surface area (Å²) in [6.07, 6.45) is 4.94. The SMILES string of the molecule is CCCNC(=O)COc1ccc2nc3n(c(=O)c2c1)CCCCC3. The molecule has 0 saturated carbocycles. The van der Waals surface area contributed by atoms with Gasteiger partial charge in [-0.1, -0.05) is 13.3 Å². The molecule has 0 unspecified atom stereocenters. The number of nitrogens with zero attached hydrogens (tertiary/aromatic N) is 2. The van der Waals surface area contributed by atoms with Crippen LogP contribution in [0.15, 0.2) is 23.0 Å². The van der Waals surface area contributed by atoms with Crippen LogP contribution in [-0.2, 0) is 17.8 Å². The maximum atomic E-state index is 12.7. The molecule has 0 saturated heterocycles. The number of fused-ring (bicyclic) bond motifs is 2. The third-order valence-electron chi connectivity index (χ3n) is 4.23. The van der Waals surface area contributed by atoms with Crippen molar-refractivity contribution in [2.45, 2.75) is 45.6 Å². The fourth-order valence-electron chi connectivity index (χ4n) is 2.95. The van der Waals surface area contributed by atoms with Gasteiger partial charge in [0, 0.05) is 19.5 Å². The van der Waals surface area contributed by atoms with Gasteiger partial charge >= 0.3 is 0 Å². The van der Waals surface area contributed by atoms with Gasteiger partial charge in [0.1, 0.15) is 11.6 Å². The van der Waals surface area contributed by atoms with Crippen molar-refractivity contribution in [1.29, 1.82) is 0 Å². The Balaban J connectivity index is 1.84. The molecule has 2 aromatic rings. The van der Waals surface area contributed by atoms with E-state index in [0.29, 0.717) is 23.2 Å². The molecule has 1 aliphatic rings. The monoisotopic (exact) mass is 329 g/mol. The Morgan fingerprint density at radius 2 is 2.21 bits per heavy atom. The summed E-state index contributed by atoms with van der Waals surface area (Å²) in [5.74, 6) is 1.23. The van der Waals surface area contributed by atoms with Crippen LogP contribution in [0.3, 0.4) is 0 Å². The highest BCUT2D eigenvalue weighted by atomic mass is 16.5. The summed E-state index contributed by atoms with van der Waals surface area (Å²) >= 11 is 0. The summed E-state index contributed by atoms with van der Waals surface area (Å²) < 4.78 is 7.29. The lowest BCUT2D eigenvalue weighted by atomic mass is 10.2. The van der Waals surface area contributed by atoms with E-state index in [-0.39, 0.29) is 18.1 Å². The zero-order valence-corrected chi connectivity index (χ0v) is 14.0. The van der Waals surface area contributed by atoms with E-state index in [1.54, 1.807) is 22.8 Å². The zero-order chi connectivity index (χ0) is 16.9. The predicted molar refractivity (Wildman–Crippen MR) is 92.4 cm³/mol. The highest BCUT2D eigenvalue weighted by molar-refractivity contribution is 5.80. The number of benzene rings is 1. The average Bonchev–Trinajstić information content (AvgIpc) is 2.84. The lowest BCUT2D eigenvalue weighted by molar-refractivity contribution is -0.123. The third kappa shape index (κ3) is 3.58. The van der Waals surface area contributed by atoms with E-state index in [4.69, 9.17) is 4.74 Å². The molecule has 1 aromatic heterocycles. The van der Waals surface area contributed by atoms with Gasteiger partial charge in [-0.15, -0.1) is 0 Å². The molecule has 2 heterocycles. The Morgan fingerprint density at radius 3 is 3.04 bits per heavy atom. The van der Waals surface area contributed by atoms with E-state index < -0.39 is 0 Å². The molecule has 1 N–H and O–H groups in total. The average molecular weight is 329 g/mol. The number of aryl methyl sites for hydroxylation is 1. The number of nitrogens with one attached hydrogen (secondary N) is 1. The molecule has 24 heavy (non-hydrogen) atoms. The van der Waals surface area contributed by atoms with Crippen LogP contribution in [0.2, 0.25) is 0 Å². The van der Waals surface area contributed by atoms with Crippen LogP contribution in [0.5, 0.6) is 5.75 Å². The molecular formula is C18H23N3O3. The minimum Gasteiger partial charge on any atom is -0.484 e. The van der Waals surface area contributed by atoms with Crippen LogP contribution in [-0.4, -0.2) is 28.6 Å². The van der Waals surface area contributed by atoms with E-state index >= 15 is 0 Å². The van der Waals surface area contributed by atoms with Gasteiger partial charge in [-0.2, -0.15) is 0 Å². The summed E-state index contributed by atoms with van der Waals surface area (Å²) in [6, 6.07) is 5.24. The van der Waals surface area contributed by atoms with E-state index in [1.165, 1.54) is 0 Å². The van der Waals surface area contributed by atoms with Crippen molar-refractivity contribution in [2.24, 2.45) is 0 Å². The smallest absolute Gasteiger partial charge is 0.261 e. The Kier molecular flexibility index (Phi) is 5.13. The Bertz CT molecular complexity index is 798. The number of hydrogen-bond acceptors (Lipinski definition) is 4. The molecule has 0 radical (unpaired) electrons. The minimum atomic E-state index is -0.159. The van der Waals surface area contributed by atoms with Crippen molar-refractivity contribution >= 4 is 16.8 Å². The predicted octanol–water partition coefficient (Wildman–Crippen LogP) is 2.03. The van der Waals surface area contributed by atoms with Crippen molar-refractivity contribution in [1.82, 2.24) is 14.9 Å². The number of hydrogen-bond donors (Lipinski definition) is 1. The summed E-state index contributed by atoms with van der Waals surface area (Å²) in [6.45, 7) is 3.30. The molecule has 6 heteroatoms. The van der Waals surface area contributed by atoms with Gasteiger partial charge in [0.25, 0.3) is 11.5 Å². The van der Waals surface area contributed by atoms with Crippen molar-refractivity contribution in [2.75, 3.05) is 13.2 Å². The first-order valence-electron chi connectivity index (χ1n) is 8.62. The van der Waals surface area contributed by atoms with Gasteiger partial charge in [-0.3, -0.25) is 14.2 Å². The Hall–Kier alpha value is -2.37. The maximum absolute atomic E-state index is 12.7. The molecule has 0 bridgehead atoms.